The van der Waals surface area contributed by atoms with Gasteiger partial charge in [0.05, 0.1) is 12.4 Å². The second-order valence-electron chi connectivity index (χ2n) is 10.5. The zero-order valence-corrected chi connectivity index (χ0v) is 19.5. The van der Waals surface area contributed by atoms with Crippen LogP contribution in [0.3, 0.4) is 0 Å². The second-order valence-corrected chi connectivity index (χ2v) is 10.5. The van der Waals surface area contributed by atoms with Crippen molar-refractivity contribution >= 4 is 6.09 Å². The van der Waals surface area contributed by atoms with Gasteiger partial charge >= 0.3 is 6.09 Å². The minimum Gasteiger partial charge on any atom is -0.418 e. The quantitative estimate of drug-likeness (QED) is 0.575. The van der Waals surface area contributed by atoms with Gasteiger partial charge in [-0.05, 0) is 81.8 Å². The number of aliphatic hydroxyl groups excluding tert-OH is 1. The summed E-state index contributed by atoms with van der Waals surface area (Å²) >= 11 is 0. The van der Waals surface area contributed by atoms with Crippen molar-refractivity contribution in [1.82, 2.24) is 4.90 Å². The first-order chi connectivity index (χ1) is 14.1. The summed E-state index contributed by atoms with van der Waals surface area (Å²) in [5, 5.41) is 11.3. The van der Waals surface area contributed by atoms with E-state index in [9.17, 15) is 9.90 Å². The number of amides is 1. The van der Waals surface area contributed by atoms with Gasteiger partial charge in [-0.25, -0.2) is 4.79 Å². The molecule has 0 saturated heterocycles. The maximum atomic E-state index is 12.8. The summed E-state index contributed by atoms with van der Waals surface area (Å²) in [6, 6.07) is 10.0. The molecule has 166 valence electrons. The Balaban J connectivity index is 1.89. The SMILES string of the molecule is CC(C)N(C(=O)O/C=C1/[C@@H]2CCC(C)(C)[C@H](C2)C[C@@H]1[C@H](O)c1ccccc1)C(C)C. The Morgan fingerprint density at radius 3 is 2.37 bits per heavy atom. The molecule has 4 atom stereocenters. The molecule has 2 aliphatic carbocycles. The molecule has 4 nitrogen and oxygen atoms in total. The first-order valence-electron chi connectivity index (χ1n) is 11.5. The highest BCUT2D eigenvalue weighted by molar-refractivity contribution is 5.69. The second kappa shape index (κ2) is 9.13. The summed E-state index contributed by atoms with van der Waals surface area (Å²) in [5.41, 5.74) is 2.34. The minimum absolute atomic E-state index is 0.0184. The number of hydrogen-bond acceptors (Lipinski definition) is 3. The van der Waals surface area contributed by atoms with Gasteiger partial charge in [0.15, 0.2) is 0 Å². The summed E-state index contributed by atoms with van der Waals surface area (Å²) in [6.07, 6.45) is 5.11. The number of rotatable bonds is 5. The summed E-state index contributed by atoms with van der Waals surface area (Å²) in [7, 11) is 0. The molecule has 3 rings (SSSR count). The predicted molar refractivity (Wildman–Crippen MR) is 121 cm³/mol. The molecule has 2 fully saturated rings. The monoisotopic (exact) mass is 413 g/mol. The normalized spacial score (nSPS) is 27.9. The summed E-state index contributed by atoms with van der Waals surface area (Å²) in [6.45, 7) is 12.7. The fraction of sp³-hybridized carbons (Fsp3) is 0.654. The summed E-state index contributed by atoms with van der Waals surface area (Å²) < 4.78 is 5.74. The minimum atomic E-state index is -0.582. The first kappa shape index (κ1) is 22.9. The number of ether oxygens (including phenoxy) is 1. The lowest BCUT2D eigenvalue weighted by Gasteiger charge is -2.50. The molecule has 0 spiro atoms. The Bertz CT molecular complexity index is 745. The van der Waals surface area contributed by atoms with Crippen LogP contribution >= 0.6 is 0 Å². The molecule has 1 aromatic rings. The molecule has 0 aliphatic heterocycles. The Kier molecular flexibility index (Phi) is 6.96. The number of carbonyl (C=O) groups excluding carboxylic acids is 1. The van der Waals surface area contributed by atoms with Crippen LogP contribution in [0.25, 0.3) is 0 Å². The number of aliphatic hydroxyl groups is 1. The van der Waals surface area contributed by atoms with Crippen LogP contribution < -0.4 is 0 Å². The van der Waals surface area contributed by atoms with Crippen LogP contribution in [0.1, 0.15) is 78.9 Å². The standard InChI is InChI=1S/C26H39NO3/c1-17(2)27(18(3)4)25(29)30-16-23-20-12-13-26(5,6)21(14-20)15-22(23)24(28)19-10-8-7-9-11-19/h7-11,16-18,20-22,24,28H,12-15H2,1-6H3/b23-16-/t20-,21-,22+,24-/m1/s1. The smallest absolute Gasteiger partial charge is 0.415 e. The predicted octanol–water partition coefficient (Wildman–Crippen LogP) is 6.32. The maximum Gasteiger partial charge on any atom is 0.415 e. The first-order valence-corrected chi connectivity index (χ1v) is 11.5. The van der Waals surface area contributed by atoms with E-state index in [2.05, 4.69) is 13.8 Å². The third kappa shape index (κ3) is 4.74. The molecule has 2 aliphatic rings. The molecule has 0 radical (unpaired) electrons. The average Bonchev–Trinajstić information content (AvgIpc) is 2.69. The molecule has 4 heteroatoms. The molecule has 0 unspecified atom stereocenters. The van der Waals surface area contributed by atoms with Gasteiger partial charge in [-0.3, -0.25) is 0 Å². The van der Waals surface area contributed by atoms with Crippen molar-refractivity contribution in [3.05, 3.63) is 47.7 Å². The Labute approximate surface area is 182 Å². The van der Waals surface area contributed by atoms with Crippen molar-refractivity contribution in [2.45, 2.75) is 85.4 Å². The fourth-order valence-electron chi connectivity index (χ4n) is 5.57. The van der Waals surface area contributed by atoms with Crippen LogP contribution in [-0.4, -0.2) is 28.2 Å². The van der Waals surface area contributed by atoms with Gasteiger partial charge in [0.25, 0.3) is 0 Å². The molecule has 2 bridgehead atoms. The highest BCUT2D eigenvalue weighted by Gasteiger charge is 2.46. The molecule has 1 aromatic carbocycles. The molecular weight excluding hydrogens is 374 g/mol. The van der Waals surface area contributed by atoms with Crippen LogP contribution in [0.2, 0.25) is 0 Å². The number of hydrogen-bond donors (Lipinski definition) is 1. The summed E-state index contributed by atoms with van der Waals surface area (Å²) in [5.74, 6) is 0.935. The zero-order chi connectivity index (χ0) is 22.1. The van der Waals surface area contributed by atoms with Crippen LogP contribution in [0, 0.1) is 23.2 Å². The fourth-order valence-corrected chi connectivity index (χ4v) is 5.57. The van der Waals surface area contributed by atoms with Gasteiger partial charge in [-0.15, -0.1) is 0 Å². The van der Waals surface area contributed by atoms with E-state index in [0.29, 0.717) is 17.3 Å². The Hall–Kier alpha value is -1.81. The Morgan fingerprint density at radius 1 is 1.13 bits per heavy atom. The van der Waals surface area contributed by atoms with Crippen molar-refractivity contribution in [1.29, 1.82) is 0 Å². The third-order valence-electron chi connectivity index (χ3n) is 7.39. The lowest BCUT2D eigenvalue weighted by molar-refractivity contribution is 0.0140. The molecular formula is C26H39NO3. The van der Waals surface area contributed by atoms with Crippen molar-refractivity contribution in [3.63, 3.8) is 0 Å². The number of fused-ring (bicyclic) bond motifs is 2. The molecule has 1 N–H and O–H groups in total. The van der Waals surface area contributed by atoms with Crippen LogP contribution in [0.5, 0.6) is 0 Å². The molecule has 30 heavy (non-hydrogen) atoms. The van der Waals surface area contributed by atoms with E-state index in [-0.39, 0.29) is 24.1 Å². The number of carbonyl (C=O) groups is 1. The van der Waals surface area contributed by atoms with Gasteiger partial charge in [-0.1, -0.05) is 44.2 Å². The van der Waals surface area contributed by atoms with Crippen molar-refractivity contribution in [2.24, 2.45) is 23.2 Å². The van der Waals surface area contributed by atoms with E-state index in [4.69, 9.17) is 4.74 Å². The zero-order valence-electron chi connectivity index (χ0n) is 19.5. The van der Waals surface area contributed by atoms with Crippen LogP contribution in [0.4, 0.5) is 4.79 Å². The largest absolute Gasteiger partial charge is 0.418 e. The number of nitrogens with zero attached hydrogens (tertiary/aromatic N) is 1. The molecule has 1 amide bonds. The van der Waals surface area contributed by atoms with E-state index in [0.717, 1.165) is 30.4 Å². The van der Waals surface area contributed by atoms with E-state index in [1.807, 2.05) is 58.0 Å². The maximum absolute atomic E-state index is 12.8. The third-order valence-corrected chi connectivity index (χ3v) is 7.39. The highest BCUT2D eigenvalue weighted by Crippen LogP contribution is 2.55. The molecule has 2 saturated carbocycles. The van der Waals surface area contributed by atoms with Gasteiger partial charge in [0.2, 0.25) is 0 Å². The van der Waals surface area contributed by atoms with Crippen LogP contribution in [0.15, 0.2) is 42.2 Å². The van der Waals surface area contributed by atoms with Crippen molar-refractivity contribution in [2.75, 3.05) is 0 Å². The average molecular weight is 414 g/mol. The van der Waals surface area contributed by atoms with E-state index < -0.39 is 6.10 Å². The Morgan fingerprint density at radius 2 is 1.77 bits per heavy atom. The van der Waals surface area contributed by atoms with Gasteiger partial charge in [-0.2, -0.15) is 0 Å². The molecule has 0 aromatic heterocycles. The van der Waals surface area contributed by atoms with Gasteiger partial charge < -0.3 is 14.7 Å². The van der Waals surface area contributed by atoms with Gasteiger partial charge in [0.1, 0.15) is 0 Å². The van der Waals surface area contributed by atoms with Gasteiger partial charge in [0, 0.05) is 18.0 Å². The van der Waals surface area contributed by atoms with Crippen molar-refractivity contribution in [3.8, 4) is 0 Å². The highest BCUT2D eigenvalue weighted by atomic mass is 16.5. The topological polar surface area (TPSA) is 49.8 Å². The number of benzene rings is 1. The summed E-state index contributed by atoms with van der Waals surface area (Å²) in [4.78, 5) is 14.5. The van der Waals surface area contributed by atoms with E-state index in [1.165, 1.54) is 6.42 Å². The van der Waals surface area contributed by atoms with Crippen LogP contribution in [-0.2, 0) is 4.74 Å². The molecule has 0 heterocycles. The van der Waals surface area contributed by atoms with Crippen molar-refractivity contribution < 1.29 is 14.6 Å². The lowest BCUT2D eigenvalue weighted by Crippen LogP contribution is -2.43. The lowest BCUT2D eigenvalue weighted by atomic mass is 9.55. The van der Waals surface area contributed by atoms with E-state index >= 15 is 0 Å². The van der Waals surface area contributed by atoms with E-state index in [1.54, 1.807) is 11.2 Å².